The molecule has 11 heteroatoms. The van der Waals surface area contributed by atoms with Gasteiger partial charge in [-0.05, 0) is 50.5 Å². The summed E-state index contributed by atoms with van der Waals surface area (Å²) in [6.07, 6.45) is 5.35. The van der Waals surface area contributed by atoms with Crippen LogP contribution in [0.5, 0.6) is 5.75 Å². The number of methoxy groups -OCH3 is 1. The van der Waals surface area contributed by atoms with Gasteiger partial charge in [-0.15, -0.1) is 0 Å². The van der Waals surface area contributed by atoms with E-state index in [1.165, 1.54) is 16.3 Å². The summed E-state index contributed by atoms with van der Waals surface area (Å²) in [5.41, 5.74) is 0.949. The molecule has 0 bridgehead atoms. The molecule has 1 aliphatic carbocycles. The monoisotopic (exact) mass is 583 g/mol. The fourth-order valence-electron chi connectivity index (χ4n) is 4.65. The molecule has 0 spiro atoms. The summed E-state index contributed by atoms with van der Waals surface area (Å²) in [6.45, 7) is 1.80. The van der Waals surface area contributed by atoms with Crippen LogP contribution in [-0.2, 0) is 26.2 Å². The summed E-state index contributed by atoms with van der Waals surface area (Å²) >= 11 is 12.8. The Morgan fingerprint density at radius 3 is 2.32 bits per heavy atom. The molecular formula is C27H35Cl2N3O5S. The van der Waals surface area contributed by atoms with Gasteiger partial charge in [-0.2, -0.15) is 0 Å². The summed E-state index contributed by atoms with van der Waals surface area (Å²) in [5, 5.41) is 3.86. The number of ether oxygens (including phenoxy) is 1. The third-order valence-electron chi connectivity index (χ3n) is 6.77. The van der Waals surface area contributed by atoms with E-state index in [4.69, 9.17) is 27.9 Å². The predicted octanol–water partition coefficient (Wildman–Crippen LogP) is 5.02. The number of nitrogens with one attached hydrogen (secondary N) is 1. The Labute approximate surface area is 235 Å². The maximum atomic E-state index is 13.5. The maximum Gasteiger partial charge on any atom is 0.242 e. The molecule has 1 aliphatic rings. The van der Waals surface area contributed by atoms with E-state index in [9.17, 15) is 18.0 Å². The van der Waals surface area contributed by atoms with E-state index in [-0.39, 0.29) is 43.8 Å². The third-order valence-corrected chi connectivity index (χ3v) is 8.65. The Bertz CT molecular complexity index is 1210. The summed E-state index contributed by atoms with van der Waals surface area (Å²) in [7, 11) is -2.17. The van der Waals surface area contributed by atoms with E-state index < -0.39 is 16.1 Å². The van der Waals surface area contributed by atoms with Crippen molar-refractivity contribution in [3.05, 3.63) is 58.1 Å². The van der Waals surface area contributed by atoms with Crippen LogP contribution in [0.25, 0.3) is 0 Å². The van der Waals surface area contributed by atoms with Crippen LogP contribution in [0.1, 0.15) is 51.0 Å². The molecule has 1 atom stereocenters. The lowest BCUT2D eigenvalue weighted by Crippen LogP contribution is -2.49. The van der Waals surface area contributed by atoms with Gasteiger partial charge in [-0.3, -0.25) is 13.9 Å². The number of sulfonamides is 1. The van der Waals surface area contributed by atoms with Gasteiger partial charge < -0.3 is 15.0 Å². The molecule has 1 fully saturated rings. The van der Waals surface area contributed by atoms with Gasteiger partial charge in [0.1, 0.15) is 11.8 Å². The smallest absolute Gasteiger partial charge is 0.242 e. The summed E-state index contributed by atoms with van der Waals surface area (Å²) in [4.78, 5) is 28.1. The lowest BCUT2D eigenvalue weighted by atomic mass is 10.1. The van der Waals surface area contributed by atoms with Crippen molar-refractivity contribution in [3.8, 4) is 5.75 Å². The molecule has 1 saturated carbocycles. The first-order chi connectivity index (χ1) is 18.0. The standard InChI is InChI=1S/C27H35Cl2N3O5S/c1-19(27(34)30-20-10-4-5-11-20)31(18-21-22(28)12-8-13-23(21)29)26(33)16-9-17-32(38(3,35)36)24-14-6-7-15-25(24)37-2/h6-8,12-15,19-20H,4-5,9-11,16-18H2,1-3H3,(H,30,34). The van der Waals surface area contributed by atoms with Crippen molar-refractivity contribution in [2.75, 3.05) is 24.2 Å². The number of hydrogen-bond donors (Lipinski definition) is 1. The SMILES string of the molecule is COc1ccccc1N(CCCC(=O)N(Cc1c(Cl)cccc1Cl)C(C)C(=O)NC1CCCC1)S(C)(=O)=O. The lowest BCUT2D eigenvalue weighted by molar-refractivity contribution is -0.140. The molecule has 38 heavy (non-hydrogen) atoms. The highest BCUT2D eigenvalue weighted by molar-refractivity contribution is 7.92. The van der Waals surface area contributed by atoms with Crippen LogP contribution < -0.4 is 14.4 Å². The van der Waals surface area contributed by atoms with Crippen LogP contribution in [0.3, 0.4) is 0 Å². The van der Waals surface area contributed by atoms with E-state index >= 15 is 0 Å². The van der Waals surface area contributed by atoms with Crippen LogP contribution in [0.4, 0.5) is 5.69 Å². The normalized spacial score (nSPS) is 14.7. The number of anilines is 1. The molecule has 1 unspecified atom stereocenters. The van der Waals surface area contributed by atoms with Crippen molar-refractivity contribution in [3.63, 3.8) is 0 Å². The van der Waals surface area contributed by atoms with Gasteiger partial charge >= 0.3 is 0 Å². The minimum Gasteiger partial charge on any atom is -0.495 e. The maximum absolute atomic E-state index is 13.5. The predicted molar refractivity (Wildman–Crippen MR) is 151 cm³/mol. The number of benzene rings is 2. The number of rotatable bonds is 12. The van der Waals surface area contributed by atoms with Crippen molar-refractivity contribution in [2.45, 2.75) is 64.1 Å². The molecule has 0 heterocycles. The zero-order chi connectivity index (χ0) is 27.9. The largest absolute Gasteiger partial charge is 0.495 e. The topological polar surface area (TPSA) is 96.0 Å². The molecule has 3 rings (SSSR count). The molecule has 0 radical (unpaired) electrons. The van der Waals surface area contributed by atoms with E-state index in [2.05, 4.69) is 5.32 Å². The Morgan fingerprint density at radius 1 is 1.08 bits per heavy atom. The van der Waals surface area contributed by atoms with Crippen LogP contribution in [-0.4, -0.2) is 57.1 Å². The first-order valence-electron chi connectivity index (χ1n) is 12.7. The molecule has 0 aliphatic heterocycles. The number of halogens is 2. The zero-order valence-electron chi connectivity index (χ0n) is 22.0. The fraction of sp³-hybridized carbons (Fsp3) is 0.481. The zero-order valence-corrected chi connectivity index (χ0v) is 24.3. The first-order valence-corrected chi connectivity index (χ1v) is 15.3. The van der Waals surface area contributed by atoms with Gasteiger partial charge in [-0.25, -0.2) is 8.42 Å². The minimum atomic E-state index is -3.64. The van der Waals surface area contributed by atoms with E-state index in [0.717, 1.165) is 31.9 Å². The number of nitrogens with zero attached hydrogens (tertiary/aromatic N) is 2. The van der Waals surface area contributed by atoms with Gasteiger partial charge in [0.2, 0.25) is 21.8 Å². The van der Waals surface area contributed by atoms with Crippen molar-refractivity contribution in [1.29, 1.82) is 0 Å². The Balaban J connectivity index is 1.78. The molecule has 2 amide bonds. The molecular weight excluding hydrogens is 549 g/mol. The first kappa shape index (κ1) is 30.1. The lowest BCUT2D eigenvalue weighted by Gasteiger charge is -2.31. The number of amides is 2. The highest BCUT2D eigenvalue weighted by atomic mass is 35.5. The van der Waals surface area contributed by atoms with E-state index in [1.807, 2.05) is 0 Å². The average Bonchev–Trinajstić information content (AvgIpc) is 3.38. The second-order valence-electron chi connectivity index (χ2n) is 9.50. The van der Waals surface area contributed by atoms with Crippen LogP contribution in [0.2, 0.25) is 10.0 Å². The second kappa shape index (κ2) is 13.5. The fourth-order valence-corrected chi connectivity index (χ4v) is 6.13. The van der Waals surface area contributed by atoms with Crippen LogP contribution in [0, 0.1) is 0 Å². The number of carbonyl (C=O) groups excluding carboxylic acids is 2. The average molecular weight is 585 g/mol. The third kappa shape index (κ3) is 7.77. The van der Waals surface area contributed by atoms with Gasteiger partial charge in [0.15, 0.2) is 0 Å². The van der Waals surface area contributed by atoms with Crippen molar-refractivity contribution in [1.82, 2.24) is 10.2 Å². The molecule has 2 aromatic carbocycles. The molecule has 8 nitrogen and oxygen atoms in total. The molecule has 0 aromatic heterocycles. The number of carbonyl (C=O) groups is 2. The summed E-state index contributed by atoms with van der Waals surface area (Å²) in [5.74, 6) is -0.125. The summed E-state index contributed by atoms with van der Waals surface area (Å²) in [6, 6.07) is 11.2. The highest BCUT2D eigenvalue weighted by Gasteiger charge is 2.30. The quantitative estimate of drug-likeness (QED) is 0.378. The van der Waals surface area contributed by atoms with Gasteiger partial charge in [0.25, 0.3) is 0 Å². The van der Waals surface area contributed by atoms with Gasteiger partial charge in [0, 0.05) is 41.2 Å². The Morgan fingerprint density at radius 2 is 1.71 bits per heavy atom. The van der Waals surface area contributed by atoms with Crippen molar-refractivity contribution >= 4 is 50.7 Å². The molecule has 2 aromatic rings. The van der Waals surface area contributed by atoms with Gasteiger partial charge in [-0.1, -0.05) is 54.2 Å². The molecule has 1 N–H and O–H groups in total. The van der Waals surface area contributed by atoms with Crippen molar-refractivity contribution in [2.24, 2.45) is 0 Å². The number of hydrogen-bond acceptors (Lipinski definition) is 5. The minimum absolute atomic E-state index is 0.0181. The van der Waals surface area contributed by atoms with Gasteiger partial charge in [0.05, 0.1) is 19.1 Å². The van der Waals surface area contributed by atoms with Crippen molar-refractivity contribution < 1.29 is 22.7 Å². The van der Waals surface area contributed by atoms with Crippen LogP contribution in [0.15, 0.2) is 42.5 Å². The molecule has 0 saturated heterocycles. The van der Waals surface area contributed by atoms with E-state index in [1.54, 1.807) is 49.4 Å². The van der Waals surface area contributed by atoms with E-state index in [0.29, 0.717) is 27.0 Å². The highest BCUT2D eigenvalue weighted by Crippen LogP contribution is 2.30. The summed E-state index contributed by atoms with van der Waals surface area (Å²) < 4.78 is 31.7. The molecule has 208 valence electrons. The Hall–Kier alpha value is -2.49. The number of para-hydroxylation sites is 2. The van der Waals surface area contributed by atoms with Crippen LogP contribution >= 0.6 is 23.2 Å². The Kier molecular flexibility index (Phi) is 10.7. The second-order valence-corrected chi connectivity index (χ2v) is 12.2.